The molecule has 0 unspecified atom stereocenters. The Morgan fingerprint density at radius 3 is 2.88 bits per heavy atom. The number of amides is 1. The average molecular weight is 356 g/mol. The second kappa shape index (κ2) is 6.76. The molecule has 1 fully saturated rings. The first-order chi connectivity index (χ1) is 12.2. The molecule has 128 valence electrons. The molecule has 3 heterocycles. The smallest absolute Gasteiger partial charge is 0.254 e. The van der Waals surface area contributed by atoms with Crippen molar-refractivity contribution in [3.05, 3.63) is 58.3 Å². The van der Waals surface area contributed by atoms with Crippen molar-refractivity contribution in [1.29, 1.82) is 0 Å². The van der Waals surface area contributed by atoms with Gasteiger partial charge in [0.15, 0.2) is 5.82 Å². The Balaban J connectivity index is 1.50. The van der Waals surface area contributed by atoms with Crippen LogP contribution in [0.2, 0.25) is 0 Å². The van der Waals surface area contributed by atoms with Gasteiger partial charge < -0.3 is 4.90 Å². The molecule has 1 aliphatic rings. The summed E-state index contributed by atoms with van der Waals surface area (Å²) in [6, 6.07) is 7.98. The Bertz CT molecular complexity index is 860. The van der Waals surface area contributed by atoms with Gasteiger partial charge in [-0.3, -0.25) is 9.89 Å². The third-order valence-electron chi connectivity index (χ3n) is 4.47. The van der Waals surface area contributed by atoms with E-state index in [4.69, 9.17) is 0 Å². The number of hydrogen-bond acceptors (Lipinski definition) is 4. The van der Waals surface area contributed by atoms with Crippen LogP contribution in [0.4, 0.5) is 4.39 Å². The van der Waals surface area contributed by atoms with Crippen LogP contribution in [-0.4, -0.2) is 39.1 Å². The number of nitrogens with one attached hydrogen (secondary N) is 1. The Morgan fingerprint density at radius 2 is 2.12 bits per heavy atom. The predicted molar refractivity (Wildman–Crippen MR) is 94.0 cm³/mol. The molecule has 5 nitrogen and oxygen atoms in total. The van der Waals surface area contributed by atoms with E-state index in [9.17, 15) is 9.18 Å². The van der Waals surface area contributed by atoms with Crippen LogP contribution in [0, 0.1) is 5.82 Å². The molecule has 0 saturated carbocycles. The summed E-state index contributed by atoms with van der Waals surface area (Å²) in [7, 11) is 0. The van der Waals surface area contributed by atoms with Crippen LogP contribution >= 0.6 is 11.3 Å². The van der Waals surface area contributed by atoms with Crippen LogP contribution in [0.5, 0.6) is 0 Å². The lowest BCUT2D eigenvalue weighted by Gasteiger charge is -2.31. The van der Waals surface area contributed by atoms with Gasteiger partial charge in [-0.05, 0) is 48.6 Å². The lowest BCUT2D eigenvalue weighted by molar-refractivity contribution is 0.0705. The van der Waals surface area contributed by atoms with Crippen LogP contribution in [0.25, 0.3) is 11.4 Å². The first kappa shape index (κ1) is 16.0. The summed E-state index contributed by atoms with van der Waals surface area (Å²) in [5.74, 6) is 1.26. The number of rotatable bonds is 3. The number of aromatic amines is 1. The van der Waals surface area contributed by atoms with Gasteiger partial charge in [0.25, 0.3) is 5.91 Å². The summed E-state index contributed by atoms with van der Waals surface area (Å²) in [6.07, 6.45) is 1.90. The first-order valence-corrected chi connectivity index (χ1v) is 9.15. The zero-order valence-corrected chi connectivity index (χ0v) is 14.3. The molecule has 25 heavy (non-hydrogen) atoms. The highest BCUT2D eigenvalue weighted by Gasteiger charge is 2.27. The number of carbonyl (C=O) groups excluding carboxylic acids is 1. The van der Waals surface area contributed by atoms with E-state index in [1.807, 2.05) is 21.7 Å². The lowest BCUT2D eigenvalue weighted by Crippen LogP contribution is -2.39. The van der Waals surface area contributed by atoms with Crippen molar-refractivity contribution in [3.63, 3.8) is 0 Å². The number of halogens is 1. The maximum Gasteiger partial charge on any atom is 0.254 e. The van der Waals surface area contributed by atoms with Crippen LogP contribution in [-0.2, 0) is 0 Å². The summed E-state index contributed by atoms with van der Waals surface area (Å²) in [5.41, 5.74) is 1.51. The minimum absolute atomic E-state index is 0.0734. The van der Waals surface area contributed by atoms with E-state index in [0.29, 0.717) is 12.4 Å². The van der Waals surface area contributed by atoms with E-state index in [-0.39, 0.29) is 17.6 Å². The van der Waals surface area contributed by atoms with Gasteiger partial charge in [0.2, 0.25) is 0 Å². The topological polar surface area (TPSA) is 61.9 Å². The Labute approximate surface area is 148 Å². The SMILES string of the molecule is O=C(c1ccsc1)N1CCC[C@@H](c2nc(-c3ccc(F)cc3)n[nH]2)C1. The minimum atomic E-state index is -0.283. The molecule has 1 N–H and O–H groups in total. The molecule has 1 aromatic carbocycles. The van der Waals surface area contributed by atoms with Gasteiger partial charge in [0.05, 0.1) is 5.56 Å². The molecule has 1 saturated heterocycles. The number of likely N-dealkylation sites (tertiary alicyclic amines) is 1. The summed E-state index contributed by atoms with van der Waals surface area (Å²) < 4.78 is 13.0. The molecule has 1 amide bonds. The van der Waals surface area contributed by atoms with E-state index < -0.39 is 0 Å². The summed E-state index contributed by atoms with van der Waals surface area (Å²) >= 11 is 1.53. The third-order valence-corrected chi connectivity index (χ3v) is 5.15. The molecule has 1 aliphatic heterocycles. The monoisotopic (exact) mass is 356 g/mol. The lowest BCUT2D eigenvalue weighted by atomic mass is 9.97. The molecule has 2 aromatic heterocycles. The number of benzene rings is 1. The van der Waals surface area contributed by atoms with Crippen molar-refractivity contribution in [2.45, 2.75) is 18.8 Å². The summed E-state index contributed by atoms with van der Waals surface area (Å²) in [4.78, 5) is 19.0. The number of thiophene rings is 1. The number of piperidine rings is 1. The number of H-pyrrole nitrogens is 1. The number of hydrogen-bond donors (Lipinski definition) is 1. The molecule has 1 atom stereocenters. The van der Waals surface area contributed by atoms with Crippen molar-refractivity contribution in [2.75, 3.05) is 13.1 Å². The van der Waals surface area contributed by atoms with Gasteiger partial charge >= 0.3 is 0 Å². The fraction of sp³-hybridized carbons (Fsp3) is 0.278. The largest absolute Gasteiger partial charge is 0.338 e. The van der Waals surface area contributed by atoms with Gasteiger partial charge in [-0.15, -0.1) is 0 Å². The van der Waals surface area contributed by atoms with Crippen LogP contribution in [0.1, 0.15) is 34.9 Å². The summed E-state index contributed by atoms with van der Waals surface area (Å²) in [6.45, 7) is 1.40. The van der Waals surface area contributed by atoms with Gasteiger partial charge in [0, 0.05) is 30.0 Å². The van der Waals surface area contributed by atoms with Crippen molar-refractivity contribution in [3.8, 4) is 11.4 Å². The highest BCUT2D eigenvalue weighted by Crippen LogP contribution is 2.27. The zero-order valence-electron chi connectivity index (χ0n) is 13.5. The second-order valence-corrected chi connectivity index (χ2v) is 6.93. The third kappa shape index (κ3) is 3.32. The van der Waals surface area contributed by atoms with Crippen molar-refractivity contribution in [2.24, 2.45) is 0 Å². The van der Waals surface area contributed by atoms with E-state index in [1.165, 1.54) is 23.5 Å². The van der Waals surface area contributed by atoms with Crippen LogP contribution < -0.4 is 0 Å². The molecule has 0 bridgehead atoms. The van der Waals surface area contributed by atoms with Crippen molar-refractivity contribution < 1.29 is 9.18 Å². The quantitative estimate of drug-likeness (QED) is 0.778. The molecule has 0 radical (unpaired) electrons. The summed E-state index contributed by atoms with van der Waals surface area (Å²) in [5, 5.41) is 11.0. The van der Waals surface area contributed by atoms with Gasteiger partial charge in [-0.2, -0.15) is 16.4 Å². The zero-order chi connectivity index (χ0) is 17.2. The maximum atomic E-state index is 13.0. The molecule has 0 aliphatic carbocycles. The Kier molecular flexibility index (Phi) is 4.31. The number of aromatic nitrogens is 3. The molecule has 0 spiro atoms. The maximum absolute atomic E-state index is 13.0. The normalized spacial score (nSPS) is 17.6. The van der Waals surface area contributed by atoms with Crippen LogP contribution in [0.3, 0.4) is 0 Å². The van der Waals surface area contributed by atoms with E-state index >= 15 is 0 Å². The number of nitrogens with zero attached hydrogens (tertiary/aromatic N) is 3. The molecular formula is C18H17FN4OS. The Hall–Kier alpha value is -2.54. The van der Waals surface area contributed by atoms with Gasteiger partial charge in [-0.25, -0.2) is 9.37 Å². The minimum Gasteiger partial charge on any atom is -0.338 e. The van der Waals surface area contributed by atoms with Crippen molar-refractivity contribution >= 4 is 17.2 Å². The Morgan fingerprint density at radius 1 is 1.28 bits per heavy atom. The second-order valence-electron chi connectivity index (χ2n) is 6.15. The van der Waals surface area contributed by atoms with Crippen molar-refractivity contribution in [1.82, 2.24) is 20.1 Å². The fourth-order valence-electron chi connectivity index (χ4n) is 3.14. The standard InChI is InChI=1S/C18H17FN4OS/c19-15-5-3-12(4-6-15)16-20-17(22-21-16)13-2-1-8-23(10-13)18(24)14-7-9-25-11-14/h3-7,9,11,13H,1-2,8,10H2,(H,20,21,22)/t13-/m1/s1. The van der Waals surface area contributed by atoms with E-state index in [1.54, 1.807) is 12.1 Å². The highest BCUT2D eigenvalue weighted by atomic mass is 32.1. The molecule has 7 heteroatoms. The molecule has 3 aromatic rings. The predicted octanol–water partition coefficient (Wildman–Crippen LogP) is 3.69. The molecular weight excluding hydrogens is 339 g/mol. The van der Waals surface area contributed by atoms with E-state index in [2.05, 4.69) is 15.2 Å². The highest BCUT2D eigenvalue weighted by molar-refractivity contribution is 7.08. The van der Waals surface area contributed by atoms with Gasteiger partial charge in [-0.1, -0.05) is 0 Å². The average Bonchev–Trinajstić information content (AvgIpc) is 3.34. The fourth-order valence-corrected chi connectivity index (χ4v) is 3.77. The van der Waals surface area contributed by atoms with Gasteiger partial charge in [0.1, 0.15) is 11.6 Å². The molecule has 4 rings (SSSR count). The van der Waals surface area contributed by atoms with Crippen LogP contribution in [0.15, 0.2) is 41.1 Å². The first-order valence-electron chi connectivity index (χ1n) is 8.20. The number of carbonyl (C=O) groups is 1. The van der Waals surface area contributed by atoms with E-state index in [0.717, 1.165) is 36.3 Å².